The number of carbonyl (C=O) groups excluding carboxylic acids is 4. The van der Waals surface area contributed by atoms with Gasteiger partial charge in [-0.2, -0.15) is 0 Å². The van der Waals surface area contributed by atoms with Crippen molar-refractivity contribution in [3.63, 3.8) is 0 Å². The summed E-state index contributed by atoms with van der Waals surface area (Å²) in [6.45, 7) is 50.4. The van der Waals surface area contributed by atoms with Crippen molar-refractivity contribution in [2.45, 2.75) is 181 Å². The maximum absolute atomic E-state index is 10.8. The number of hydrogen-bond acceptors (Lipinski definition) is 8. The van der Waals surface area contributed by atoms with Gasteiger partial charge < -0.3 is 51.5 Å². The van der Waals surface area contributed by atoms with Gasteiger partial charge in [0, 0.05) is 83.3 Å². The first-order valence-electron chi connectivity index (χ1n) is 27.5. The first kappa shape index (κ1) is 79.5. The molecule has 10 N–H and O–H groups in total. The fourth-order valence-electron chi connectivity index (χ4n) is 5.85. The molecule has 2 rings (SSSR count). The van der Waals surface area contributed by atoms with Gasteiger partial charge in [-0.05, 0) is 94.2 Å². The Morgan fingerprint density at radius 2 is 0.855 bits per heavy atom. The summed E-state index contributed by atoms with van der Waals surface area (Å²) in [7, 11) is 3.97. The van der Waals surface area contributed by atoms with Crippen molar-refractivity contribution in [1.82, 2.24) is 31.9 Å². The van der Waals surface area contributed by atoms with E-state index in [0.717, 1.165) is 32.6 Å². The topological polar surface area (TPSA) is 198 Å². The highest BCUT2D eigenvalue weighted by Gasteiger charge is 2.27. The summed E-state index contributed by atoms with van der Waals surface area (Å²) < 4.78 is 2.78. The number of nitrogens with zero attached hydrogens (tertiary/aromatic N) is 4. The molecule has 2 heterocycles. The average molecular weight is 992 g/mol. The first-order valence-corrected chi connectivity index (χ1v) is 27.5. The summed E-state index contributed by atoms with van der Waals surface area (Å²) >= 11 is 0. The van der Waals surface area contributed by atoms with Crippen molar-refractivity contribution in [2.24, 2.45) is 9.98 Å². The molecule has 0 aromatic rings. The van der Waals surface area contributed by atoms with Gasteiger partial charge in [0.15, 0.2) is 6.67 Å². The Morgan fingerprint density at radius 1 is 0.478 bits per heavy atom. The van der Waals surface area contributed by atoms with E-state index in [-0.39, 0.29) is 30.3 Å². The third-order valence-electron chi connectivity index (χ3n) is 10.6. The Hall–Kier alpha value is -3.60. The molecule has 2 saturated heterocycles. The third kappa shape index (κ3) is 68.7. The van der Waals surface area contributed by atoms with Crippen LogP contribution in [0.2, 0.25) is 0 Å². The molecule has 0 atom stereocenters. The molecule has 2 aliphatic heterocycles. The highest BCUT2D eigenvalue weighted by Crippen LogP contribution is 2.18. The lowest BCUT2D eigenvalue weighted by Gasteiger charge is -2.39. The summed E-state index contributed by atoms with van der Waals surface area (Å²) in [6.07, 6.45) is 19.0. The zero-order chi connectivity index (χ0) is 54.3. The van der Waals surface area contributed by atoms with Crippen LogP contribution >= 0.6 is 0 Å². The molecule has 16 nitrogen and oxygen atoms in total. The third-order valence-corrected chi connectivity index (χ3v) is 10.6. The molecule has 2 fully saturated rings. The van der Waals surface area contributed by atoms with Crippen LogP contribution in [-0.4, -0.2) is 164 Å². The van der Waals surface area contributed by atoms with Crippen molar-refractivity contribution < 1.29 is 38.8 Å². The Kier molecular flexibility index (Phi) is 79.1. The molecule has 414 valence electrons. The largest absolute Gasteiger partial charge is 0.390 e. The van der Waals surface area contributed by atoms with Crippen LogP contribution in [0.4, 0.5) is 0 Å². The molecule has 0 spiro atoms. The molecule has 0 unspecified atom stereocenters. The molecular formula is C53H122N12O4+4. The second kappa shape index (κ2) is 68.7. The van der Waals surface area contributed by atoms with Gasteiger partial charge in [-0.25, -0.2) is 0 Å². The number of nitrogens with two attached hydrogens (primary N) is 2. The van der Waals surface area contributed by atoms with Gasteiger partial charge in [0.1, 0.15) is 6.67 Å². The second-order valence-electron chi connectivity index (χ2n) is 16.2. The van der Waals surface area contributed by atoms with Crippen LogP contribution in [0.15, 0.2) is 22.4 Å². The quantitative estimate of drug-likeness (QED) is 0.0389. The van der Waals surface area contributed by atoms with Crippen molar-refractivity contribution >= 4 is 36.1 Å². The summed E-state index contributed by atoms with van der Waals surface area (Å²) in [5.74, 6) is 0.208. The number of likely N-dealkylation sites (tertiary alicyclic amines) is 2. The summed E-state index contributed by atoms with van der Waals surface area (Å²) in [4.78, 5) is 50.1. The van der Waals surface area contributed by atoms with Gasteiger partial charge in [-0.15, -0.1) is 0 Å². The summed E-state index contributed by atoms with van der Waals surface area (Å²) in [5, 5.41) is 20.7. The van der Waals surface area contributed by atoms with E-state index in [1.165, 1.54) is 106 Å². The number of nitrogens with one attached hydrogen (secondary N) is 6. The molecular weight excluding hydrogens is 869 g/mol. The van der Waals surface area contributed by atoms with Crippen LogP contribution in [0.25, 0.3) is 0 Å². The molecule has 0 radical (unpaired) electrons. The van der Waals surface area contributed by atoms with Gasteiger partial charge in [0.25, 0.3) is 0 Å². The van der Waals surface area contributed by atoms with Gasteiger partial charge in [0.2, 0.25) is 23.6 Å². The lowest BCUT2D eigenvalue weighted by Crippen LogP contribution is -2.83. The molecule has 0 bridgehead atoms. The summed E-state index contributed by atoms with van der Waals surface area (Å²) in [5.41, 5.74) is 0. The second-order valence-corrected chi connectivity index (χ2v) is 16.2. The zero-order valence-electron chi connectivity index (χ0n) is 49.0. The van der Waals surface area contributed by atoms with Crippen molar-refractivity contribution in [3.8, 4) is 0 Å². The van der Waals surface area contributed by atoms with Crippen LogP contribution < -0.4 is 42.5 Å². The van der Waals surface area contributed by atoms with E-state index in [4.69, 9.17) is 0 Å². The number of piperidine rings is 1. The van der Waals surface area contributed by atoms with Crippen molar-refractivity contribution in [1.29, 1.82) is 0 Å². The minimum absolute atomic E-state index is 0.00552. The minimum atomic E-state index is -0.0280. The van der Waals surface area contributed by atoms with E-state index in [1.807, 2.05) is 58.7 Å². The van der Waals surface area contributed by atoms with Gasteiger partial charge >= 0.3 is 0 Å². The average Bonchev–Trinajstić information content (AvgIpc) is 3.88. The van der Waals surface area contributed by atoms with Gasteiger partial charge in [0.05, 0.1) is 79.5 Å². The fourth-order valence-corrected chi connectivity index (χ4v) is 5.85. The van der Waals surface area contributed by atoms with Crippen LogP contribution in [0.3, 0.4) is 0 Å². The number of hydrogen-bond donors (Lipinski definition) is 8. The molecule has 4 amide bonds. The predicted molar refractivity (Wildman–Crippen MR) is 301 cm³/mol. The lowest BCUT2D eigenvalue weighted by atomic mass is 10.1. The van der Waals surface area contributed by atoms with Crippen molar-refractivity contribution in [3.05, 3.63) is 12.4 Å². The standard InChI is InChI=1S/C9H17N3O2.C9H20N.C8H18N.C6H14N2.C5H12N2O.C5H11NO.C5H11N.C3H9N.C3H8/c1-3-8(13)11-6-5-10-7-12-9(14)4-2;1-3-10(4-2)8-6-5-7-9-10;1-3-9(4-2)7-5-6-8-9;1-3-7-5-6-8-4-2;1-3-5(8)7-4-6-2;1-3-5(7)6-4-2;1-3-5-6-4-2;1-3-4-2;1-3-2/h5H,3-4,6-7H2,1-2H3,(H,11,13)(H,12,14);3-9H2,1-2H3;3-8H2,1-2H3;5-8H,3-4H2,1-2H3;6H,3-4H2,1-2H3,(H,7,8);3-4H2,1-2H3,(H,6,7);5H,3-4H2,1-2H3;4H,3H2,1-2H3;3H2,1-2H3/q;2*+1;;;;;;/p+2. The van der Waals surface area contributed by atoms with E-state index in [0.29, 0.717) is 38.9 Å². The van der Waals surface area contributed by atoms with Crippen LogP contribution in [0, 0.1) is 0 Å². The number of aliphatic imine (C=N–C) groups is 2. The Balaban J connectivity index is -0.000000129. The molecule has 0 aromatic heterocycles. The Morgan fingerprint density at radius 3 is 1.13 bits per heavy atom. The van der Waals surface area contributed by atoms with Gasteiger partial charge in [-0.1, -0.05) is 54.9 Å². The number of rotatable bonds is 22. The molecule has 69 heavy (non-hydrogen) atoms. The number of carbonyl (C=O) groups is 4. The fraction of sp³-hybridized carbons (Fsp3) is 0.849. The van der Waals surface area contributed by atoms with Crippen LogP contribution in [0.1, 0.15) is 181 Å². The highest BCUT2D eigenvalue weighted by atomic mass is 16.2. The van der Waals surface area contributed by atoms with Crippen LogP contribution in [0.5, 0.6) is 0 Å². The maximum Gasteiger partial charge on any atom is 0.223 e. The van der Waals surface area contributed by atoms with E-state index >= 15 is 0 Å². The van der Waals surface area contributed by atoms with E-state index in [1.54, 1.807) is 20.1 Å². The molecule has 16 heteroatoms. The molecule has 0 aliphatic carbocycles. The summed E-state index contributed by atoms with van der Waals surface area (Å²) in [6, 6.07) is 0. The SMILES string of the molecule is CCC.CCC(=O)NCC=NCNC(=O)CC.CCC(=O)NC[NH2+]C.CCC=NCC.CCNC(=O)CC.CCNC=CNCC.CC[N+]1(CC)CCCC1.CC[N+]1(CC)CCCCC1.CC[NH2+]C. The Labute approximate surface area is 428 Å². The maximum atomic E-state index is 10.8. The first-order chi connectivity index (χ1) is 33.1. The monoisotopic (exact) mass is 991 g/mol. The van der Waals surface area contributed by atoms with E-state index in [2.05, 4.69) is 123 Å². The number of quaternary nitrogens is 4. The lowest BCUT2D eigenvalue weighted by molar-refractivity contribution is -0.929. The molecule has 2 aliphatic rings. The van der Waals surface area contributed by atoms with E-state index < -0.39 is 0 Å². The van der Waals surface area contributed by atoms with E-state index in [9.17, 15) is 19.2 Å². The smallest absolute Gasteiger partial charge is 0.223 e. The van der Waals surface area contributed by atoms with Crippen molar-refractivity contribution in [2.75, 3.05) is 119 Å². The molecule has 0 aromatic carbocycles. The molecule has 0 saturated carbocycles. The minimum Gasteiger partial charge on any atom is -0.390 e. The number of amides is 4. The Bertz CT molecular complexity index is 1080. The zero-order valence-corrected chi connectivity index (χ0v) is 49.0. The van der Waals surface area contributed by atoms with Crippen LogP contribution in [-0.2, 0) is 19.2 Å². The van der Waals surface area contributed by atoms with Gasteiger partial charge in [-0.3, -0.25) is 29.2 Å². The highest BCUT2D eigenvalue weighted by molar-refractivity contribution is 5.79. The predicted octanol–water partition coefficient (Wildman–Crippen LogP) is 5.71. The normalized spacial score (nSPS) is 13.4.